The lowest BCUT2D eigenvalue weighted by Crippen LogP contribution is -2.05. The van der Waals surface area contributed by atoms with Gasteiger partial charge in [-0.25, -0.2) is 0 Å². The van der Waals surface area contributed by atoms with Gasteiger partial charge in [0, 0.05) is 9.79 Å². The Morgan fingerprint density at radius 2 is 1.80 bits per heavy atom. The summed E-state index contributed by atoms with van der Waals surface area (Å²) >= 11 is 8.85. The predicted molar refractivity (Wildman–Crippen MR) is 73.3 cm³/mol. The maximum atomic E-state index is 4.48. The number of rotatable bonds is 3. The standard InChI is InChI=1S/C13H20S2/c1-13(2,3)9-5-7-10-6-4-8-11(14)12(10)15/h4,6,8,14-15H,5,7,9H2,1-3H3. The monoisotopic (exact) mass is 240 g/mol. The second-order valence-corrected chi connectivity index (χ2v) is 6.13. The fourth-order valence-corrected chi connectivity index (χ4v) is 2.08. The molecule has 0 nitrogen and oxygen atoms in total. The Bertz CT molecular complexity index is 324. The Morgan fingerprint density at radius 3 is 2.40 bits per heavy atom. The first-order chi connectivity index (χ1) is 6.90. The third-order valence-electron chi connectivity index (χ3n) is 2.47. The van der Waals surface area contributed by atoms with E-state index in [-0.39, 0.29) is 0 Å². The van der Waals surface area contributed by atoms with E-state index in [1.54, 1.807) is 0 Å². The van der Waals surface area contributed by atoms with Crippen LogP contribution in [0.25, 0.3) is 0 Å². The smallest absolute Gasteiger partial charge is 0.0206 e. The van der Waals surface area contributed by atoms with E-state index in [0.717, 1.165) is 16.2 Å². The number of benzene rings is 1. The van der Waals surface area contributed by atoms with Gasteiger partial charge in [0.15, 0.2) is 0 Å². The van der Waals surface area contributed by atoms with Crippen LogP contribution in [0.2, 0.25) is 0 Å². The predicted octanol–water partition coefficient (Wildman–Crippen LogP) is 4.63. The highest BCUT2D eigenvalue weighted by atomic mass is 32.1. The first-order valence-electron chi connectivity index (χ1n) is 5.40. The summed E-state index contributed by atoms with van der Waals surface area (Å²) in [6.07, 6.45) is 3.57. The van der Waals surface area contributed by atoms with E-state index < -0.39 is 0 Å². The van der Waals surface area contributed by atoms with Gasteiger partial charge in [0.25, 0.3) is 0 Å². The van der Waals surface area contributed by atoms with Crippen LogP contribution in [0.15, 0.2) is 28.0 Å². The molecule has 0 atom stereocenters. The molecule has 0 aliphatic heterocycles. The molecular formula is C13H20S2. The summed E-state index contributed by atoms with van der Waals surface area (Å²) in [4.78, 5) is 2.02. The molecule has 0 unspecified atom stereocenters. The normalized spacial score (nSPS) is 11.8. The van der Waals surface area contributed by atoms with E-state index >= 15 is 0 Å². The molecule has 0 aliphatic rings. The molecule has 0 radical (unpaired) electrons. The molecule has 0 saturated carbocycles. The highest BCUT2D eigenvalue weighted by molar-refractivity contribution is 7.83. The molecule has 15 heavy (non-hydrogen) atoms. The van der Waals surface area contributed by atoms with Crippen molar-refractivity contribution in [3.05, 3.63) is 23.8 Å². The molecule has 0 heterocycles. The molecule has 0 amide bonds. The van der Waals surface area contributed by atoms with Crippen molar-refractivity contribution < 1.29 is 0 Å². The SMILES string of the molecule is CC(C)(C)CCCc1cccc(S)c1S. The number of aryl methyl sites for hydroxylation is 1. The third-order valence-corrected chi connectivity index (χ3v) is 3.55. The minimum atomic E-state index is 0.426. The Labute approximate surface area is 104 Å². The molecule has 0 aromatic heterocycles. The molecule has 1 aromatic rings. The van der Waals surface area contributed by atoms with Gasteiger partial charge in [0.2, 0.25) is 0 Å². The zero-order valence-corrected chi connectivity index (χ0v) is 11.5. The van der Waals surface area contributed by atoms with Gasteiger partial charge in [-0.05, 0) is 36.3 Å². The fraction of sp³-hybridized carbons (Fsp3) is 0.538. The molecule has 0 saturated heterocycles. The lowest BCUT2D eigenvalue weighted by atomic mass is 9.89. The van der Waals surface area contributed by atoms with Crippen molar-refractivity contribution in [2.75, 3.05) is 0 Å². The summed E-state index contributed by atoms with van der Waals surface area (Å²) in [5, 5.41) is 0. The molecule has 0 spiro atoms. The zero-order valence-electron chi connectivity index (χ0n) is 9.75. The van der Waals surface area contributed by atoms with Crippen LogP contribution in [-0.4, -0.2) is 0 Å². The average Bonchev–Trinajstić information content (AvgIpc) is 2.10. The van der Waals surface area contributed by atoms with Crippen LogP contribution in [0.4, 0.5) is 0 Å². The van der Waals surface area contributed by atoms with Gasteiger partial charge in [-0.1, -0.05) is 32.9 Å². The van der Waals surface area contributed by atoms with E-state index in [9.17, 15) is 0 Å². The summed E-state index contributed by atoms with van der Waals surface area (Å²) in [6.45, 7) is 6.84. The lowest BCUT2D eigenvalue weighted by molar-refractivity contribution is 0.365. The second-order valence-electron chi connectivity index (χ2n) is 5.20. The molecule has 1 rings (SSSR count). The quantitative estimate of drug-likeness (QED) is 0.707. The Hall–Kier alpha value is -0.0800. The van der Waals surface area contributed by atoms with Crippen LogP contribution in [-0.2, 0) is 6.42 Å². The van der Waals surface area contributed by atoms with Gasteiger partial charge < -0.3 is 0 Å². The Balaban J connectivity index is 2.55. The molecule has 2 heteroatoms. The van der Waals surface area contributed by atoms with Gasteiger partial charge in [0.1, 0.15) is 0 Å². The highest BCUT2D eigenvalue weighted by Gasteiger charge is 2.10. The van der Waals surface area contributed by atoms with Crippen molar-refractivity contribution in [1.82, 2.24) is 0 Å². The van der Waals surface area contributed by atoms with Crippen LogP contribution in [0.1, 0.15) is 39.2 Å². The van der Waals surface area contributed by atoms with Gasteiger partial charge in [-0.3, -0.25) is 0 Å². The Kier molecular flexibility index (Phi) is 4.60. The third kappa shape index (κ3) is 4.52. The summed E-state index contributed by atoms with van der Waals surface area (Å²) in [6, 6.07) is 6.18. The van der Waals surface area contributed by atoms with Gasteiger partial charge >= 0.3 is 0 Å². The summed E-state index contributed by atoms with van der Waals surface area (Å²) in [7, 11) is 0. The van der Waals surface area contributed by atoms with Crippen molar-refractivity contribution in [3.63, 3.8) is 0 Å². The van der Waals surface area contributed by atoms with E-state index in [1.807, 2.05) is 6.07 Å². The van der Waals surface area contributed by atoms with Crippen molar-refractivity contribution >= 4 is 25.3 Å². The fourth-order valence-electron chi connectivity index (χ4n) is 1.59. The first-order valence-corrected chi connectivity index (χ1v) is 6.29. The maximum Gasteiger partial charge on any atom is 0.0206 e. The number of hydrogen-bond donors (Lipinski definition) is 2. The molecule has 0 aliphatic carbocycles. The summed E-state index contributed by atoms with van der Waals surface area (Å²) in [5.41, 5.74) is 1.74. The maximum absolute atomic E-state index is 4.48. The van der Waals surface area contributed by atoms with E-state index in [0.29, 0.717) is 5.41 Å². The zero-order chi connectivity index (χ0) is 11.5. The van der Waals surface area contributed by atoms with E-state index in [2.05, 4.69) is 58.2 Å². The minimum absolute atomic E-state index is 0.426. The largest absolute Gasteiger partial charge is 0.142 e. The molecule has 0 N–H and O–H groups in total. The van der Waals surface area contributed by atoms with Crippen molar-refractivity contribution in [2.45, 2.75) is 49.8 Å². The van der Waals surface area contributed by atoms with Crippen LogP contribution in [0.5, 0.6) is 0 Å². The van der Waals surface area contributed by atoms with Crippen molar-refractivity contribution in [1.29, 1.82) is 0 Å². The summed E-state index contributed by atoms with van der Waals surface area (Å²) < 4.78 is 0. The van der Waals surface area contributed by atoms with Crippen LogP contribution in [0, 0.1) is 5.41 Å². The number of hydrogen-bond acceptors (Lipinski definition) is 2. The molecule has 84 valence electrons. The van der Waals surface area contributed by atoms with Crippen LogP contribution < -0.4 is 0 Å². The topological polar surface area (TPSA) is 0 Å². The van der Waals surface area contributed by atoms with Gasteiger partial charge in [0.05, 0.1) is 0 Å². The lowest BCUT2D eigenvalue weighted by Gasteiger charge is -2.18. The second kappa shape index (κ2) is 5.31. The van der Waals surface area contributed by atoms with Crippen molar-refractivity contribution in [3.8, 4) is 0 Å². The van der Waals surface area contributed by atoms with E-state index in [1.165, 1.54) is 18.4 Å². The molecule has 1 aromatic carbocycles. The number of thiol groups is 2. The average molecular weight is 240 g/mol. The van der Waals surface area contributed by atoms with E-state index in [4.69, 9.17) is 0 Å². The highest BCUT2D eigenvalue weighted by Crippen LogP contribution is 2.26. The van der Waals surface area contributed by atoms with Gasteiger partial charge in [-0.15, -0.1) is 25.3 Å². The van der Waals surface area contributed by atoms with Crippen LogP contribution in [0.3, 0.4) is 0 Å². The molecule has 0 bridgehead atoms. The minimum Gasteiger partial charge on any atom is -0.142 e. The Morgan fingerprint density at radius 1 is 1.13 bits per heavy atom. The van der Waals surface area contributed by atoms with Gasteiger partial charge in [-0.2, -0.15) is 0 Å². The van der Waals surface area contributed by atoms with Crippen LogP contribution >= 0.6 is 25.3 Å². The first kappa shape index (κ1) is 13.0. The van der Waals surface area contributed by atoms with Crippen molar-refractivity contribution in [2.24, 2.45) is 5.41 Å². The summed E-state index contributed by atoms with van der Waals surface area (Å²) in [5.74, 6) is 0. The molecular weight excluding hydrogens is 220 g/mol. The molecule has 0 fully saturated rings.